The lowest BCUT2D eigenvalue weighted by Crippen LogP contribution is -2.00. The van der Waals surface area contributed by atoms with Crippen LogP contribution in [0.1, 0.15) is 11.1 Å². The Hall–Kier alpha value is -1.41. The molecule has 0 aromatic carbocycles. The van der Waals surface area contributed by atoms with E-state index in [2.05, 4.69) is 22.1 Å². The topological polar surface area (TPSA) is 25.2 Å². The van der Waals surface area contributed by atoms with Gasteiger partial charge >= 0.3 is 0 Å². The number of aromatic nitrogens is 1. The summed E-state index contributed by atoms with van der Waals surface area (Å²) in [7, 11) is 0. The summed E-state index contributed by atoms with van der Waals surface area (Å²) in [6.45, 7) is 0. The Morgan fingerprint density at radius 2 is 2.21 bits per heavy atom. The van der Waals surface area contributed by atoms with Gasteiger partial charge < -0.3 is 0 Å². The summed E-state index contributed by atoms with van der Waals surface area (Å²) in [6, 6.07) is 2.03. The van der Waals surface area contributed by atoms with E-state index in [9.17, 15) is 0 Å². The van der Waals surface area contributed by atoms with E-state index >= 15 is 0 Å². The molecule has 70 valence electrons. The fraction of sp³-hybridized carbons (Fsp3) is 0.0909. The Morgan fingerprint density at radius 1 is 1.29 bits per heavy atom. The van der Waals surface area contributed by atoms with Gasteiger partial charge in [0.2, 0.25) is 0 Å². The molecule has 0 atom stereocenters. The lowest BCUT2D eigenvalue weighted by molar-refractivity contribution is 1.09. The third kappa shape index (κ3) is 1.28. The normalized spacial score (nSPS) is 16.3. The number of hydrogen-bond donors (Lipinski definition) is 0. The molecule has 3 rings (SSSR count). The molecule has 0 saturated carbocycles. The molecule has 1 aliphatic heterocycles. The van der Waals surface area contributed by atoms with Gasteiger partial charge in [-0.1, -0.05) is 0 Å². The Bertz CT molecular complexity index is 458. The van der Waals surface area contributed by atoms with Crippen molar-refractivity contribution in [2.24, 2.45) is 4.99 Å². The number of nitrogens with zero attached hydrogens (tertiary/aromatic N) is 2. The predicted octanol–water partition coefficient (Wildman–Crippen LogP) is 2.41. The Kier molecular flexibility index (Phi) is 2.22. The van der Waals surface area contributed by atoms with E-state index in [-0.39, 0.29) is 12.4 Å². The van der Waals surface area contributed by atoms with Gasteiger partial charge in [0, 0.05) is 25.0 Å². The third-order valence-electron chi connectivity index (χ3n) is 2.43. The second kappa shape index (κ2) is 3.39. The van der Waals surface area contributed by atoms with Crippen LogP contribution in [0.15, 0.2) is 40.8 Å². The lowest BCUT2D eigenvalue weighted by atomic mass is 9.94. The number of hydrogen-bond acceptors (Lipinski definition) is 2. The maximum Gasteiger partial charge on any atom is 0.0671 e. The molecule has 2 heterocycles. The Balaban J connectivity index is 0.000000750. The Morgan fingerprint density at radius 3 is 3.14 bits per heavy atom. The summed E-state index contributed by atoms with van der Waals surface area (Å²) in [4.78, 5) is 8.39. The molecule has 1 aromatic rings. The third-order valence-corrected chi connectivity index (χ3v) is 2.43. The van der Waals surface area contributed by atoms with Crippen molar-refractivity contribution < 1.29 is 0 Å². The molecule has 0 spiro atoms. The highest BCUT2D eigenvalue weighted by Crippen LogP contribution is 2.29. The minimum Gasteiger partial charge on any atom is -0.264 e. The van der Waals surface area contributed by atoms with Crippen LogP contribution in [0.2, 0.25) is 0 Å². The number of fused-ring (bicyclic) bond motifs is 2. The highest BCUT2D eigenvalue weighted by molar-refractivity contribution is 5.85. The van der Waals surface area contributed by atoms with Gasteiger partial charge in [0.1, 0.15) is 0 Å². The van der Waals surface area contributed by atoms with Crippen molar-refractivity contribution >= 4 is 24.7 Å². The first-order valence-electron chi connectivity index (χ1n) is 4.32. The van der Waals surface area contributed by atoms with Gasteiger partial charge in [-0.05, 0) is 34.9 Å². The largest absolute Gasteiger partial charge is 0.264 e. The Labute approximate surface area is 88.5 Å². The van der Waals surface area contributed by atoms with E-state index in [4.69, 9.17) is 0 Å². The van der Waals surface area contributed by atoms with Gasteiger partial charge in [0.05, 0.1) is 5.70 Å². The van der Waals surface area contributed by atoms with E-state index in [1.165, 1.54) is 16.7 Å². The molecule has 0 fully saturated rings. The maximum absolute atomic E-state index is 4.28. The van der Waals surface area contributed by atoms with Crippen LogP contribution in [0.4, 0.5) is 0 Å². The average Bonchev–Trinajstić information content (AvgIpc) is 2.61. The van der Waals surface area contributed by atoms with Gasteiger partial charge in [0.15, 0.2) is 0 Å². The lowest BCUT2D eigenvalue weighted by Gasteiger charge is -2.13. The number of pyridine rings is 1. The van der Waals surface area contributed by atoms with E-state index in [0.29, 0.717) is 0 Å². The summed E-state index contributed by atoms with van der Waals surface area (Å²) in [5.41, 5.74) is 4.96. The van der Waals surface area contributed by atoms with Crippen molar-refractivity contribution in [1.82, 2.24) is 4.98 Å². The van der Waals surface area contributed by atoms with Gasteiger partial charge in [-0.25, -0.2) is 0 Å². The van der Waals surface area contributed by atoms with Crippen LogP contribution in [-0.2, 0) is 6.42 Å². The zero-order valence-electron chi connectivity index (χ0n) is 7.47. The molecule has 1 aliphatic carbocycles. The molecule has 3 heteroatoms. The van der Waals surface area contributed by atoms with Crippen LogP contribution in [-0.4, -0.2) is 11.2 Å². The van der Waals surface area contributed by atoms with E-state index in [1.807, 2.05) is 24.7 Å². The standard InChI is InChI=1S/C11H8N2.ClH/c1-3-12-7-10-5-9-2-4-13-11(9)6-8(1)10;/h1-4,6-7H,5H2;1H. The maximum atomic E-state index is 4.28. The van der Waals surface area contributed by atoms with Gasteiger partial charge in [-0.2, -0.15) is 0 Å². The molecule has 2 aliphatic rings. The van der Waals surface area contributed by atoms with Crippen molar-refractivity contribution in [2.75, 3.05) is 0 Å². The molecular formula is C11H9ClN2. The molecule has 0 unspecified atom stereocenters. The fourth-order valence-electron chi connectivity index (χ4n) is 1.73. The molecule has 2 nitrogen and oxygen atoms in total. The highest BCUT2D eigenvalue weighted by Gasteiger charge is 2.16. The van der Waals surface area contributed by atoms with Gasteiger partial charge in [-0.15, -0.1) is 12.4 Å². The second-order valence-electron chi connectivity index (χ2n) is 3.25. The summed E-state index contributed by atoms with van der Waals surface area (Å²) in [6.07, 6.45) is 10.8. The van der Waals surface area contributed by atoms with Crippen LogP contribution < -0.4 is 0 Å². The van der Waals surface area contributed by atoms with E-state index in [0.717, 1.165) is 12.1 Å². The predicted molar refractivity (Wildman–Crippen MR) is 59.7 cm³/mol. The summed E-state index contributed by atoms with van der Waals surface area (Å²) in [5.74, 6) is 0. The molecule has 14 heavy (non-hydrogen) atoms. The van der Waals surface area contributed by atoms with Crippen molar-refractivity contribution in [3.05, 3.63) is 46.9 Å². The second-order valence-corrected chi connectivity index (χ2v) is 3.25. The molecule has 0 N–H and O–H groups in total. The minimum atomic E-state index is 0. The number of rotatable bonds is 0. The quantitative estimate of drug-likeness (QED) is 0.637. The van der Waals surface area contributed by atoms with Gasteiger partial charge in [0.25, 0.3) is 0 Å². The molecule has 0 bridgehead atoms. The van der Waals surface area contributed by atoms with Crippen LogP contribution >= 0.6 is 12.4 Å². The van der Waals surface area contributed by atoms with Crippen LogP contribution in [0, 0.1) is 0 Å². The van der Waals surface area contributed by atoms with E-state index < -0.39 is 0 Å². The summed E-state index contributed by atoms with van der Waals surface area (Å²) in [5, 5.41) is 0. The number of aliphatic imine (C=N–C) groups is 1. The van der Waals surface area contributed by atoms with E-state index in [1.54, 1.807) is 0 Å². The SMILES string of the molecule is C1=NC2=Cc3ccncc3CC2=C1.Cl. The smallest absolute Gasteiger partial charge is 0.0671 e. The van der Waals surface area contributed by atoms with Crippen LogP contribution in [0.25, 0.3) is 6.08 Å². The van der Waals surface area contributed by atoms with Crippen LogP contribution in [0.5, 0.6) is 0 Å². The minimum absolute atomic E-state index is 0. The monoisotopic (exact) mass is 204 g/mol. The highest BCUT2D eigenvalue weighted by atomic mass is 35.5. The average molecular weight is 205 g/mol. The first-order valence-corrected chi connectivity index (χ1v) is 4.32. The first kappa shape index (κ1) is 9.16. The van der Waals surface area contributed by atoms with Crippen molar-refractivity contribution in [2.45, 2.75) is 6.42 Å². The first-order chi connectivity index (χ1) is 6.43. The number of allylic oxidation sites excluding steroid dienone is 2. The number of halogens is 1. The zero-order chi connectivity index (χ0) is 8.67. The molecule has 1 aromatic heterocycles. The molecular weight excluding hydrogens is 196 g/mol. The summed E-state index contributed by atoms with van der Waals surface area (Å²) < 4.78 is 0. The molecule has 0 saturated heterocycles. The van der Waals surface area contributed by atoms with Crippen molar-refractivity contribution in [1.29, 1.82) is 0 Å². The van der Waals surface area contributed by atoms with Crippen LogP contribution in [0.3, 0.4) is 0 Å². The molecule has 0 radical (unpaired) electrons. The van der Waals surface area contributed by atoms with Gasteiger partial charge in [-0.3, -0.25) is 9.98 Å². The van der Waals surface area contributed by atoms with Crippen molar-refractivity contribution in [3.63, 3.8) is 0 Å². The zero-order valence-corrected chi connectivity index (χ0v) is 8.29. The summed E-state index contributed by atoms with van der Waals surface area (Å²) >= 11 is 0. The fourth-order valence-corrected chi connectivity index (χ4v) is 1.73. The van der Waals surface area contributed by atoms with Crippen molar-refractivity contribution in [3.8, 4) is 0 Å². The molecule has 0 amide bonds.